The average Bonchev–Trinajstić information content (AvgIpc) is 3.07. The molecule has 0 saturated heterocycles. The summed E-state index contributed by atoms with van der Waals surface area (Å²) < 4.78 is 17.8. The fraction of sp³-hybridized carbons (Fsp3) is 0.600. The van der Waals surface area contributed by atoms with E-state index < -0.39 is 6.04 Å². The molecule has 1 fully saturated rings. The molecule has 1 aromatic rings. The van der Waals surface area contributed by atoms with Gasteiger partial charge in [-0.05, 0) is 50.3 Å². The maximum absolute atomic E-state index is 13.5. The molecule has 1 aliphatic carbocycles. The third-order valence-corrected chi connectivity index (χ3v) is 6.54. The normalized spacial score (nSPS) is 24.8. The second kappa shape index (κ2) is 9.94. The van der Waals surface area contributed by atoms with Gasteiger partial charge in [-0.1, -0.05) is 25.8 Å². The first-order valence-corrected chi connectivity index (χ1v) is 11.9. The van der Waals surface area contributed by atoms with Gasteiger partial charge in [-0.15, -0.1) is 0 Å². The number of hydrogen-bond acceptors (Lipinski definition) is 6. The minimum atomic E-state index is -0.594. The quantitative estimate of drug-likeness (QED) is 0.588. The predicted octanol–water partition coefficient (Wildman–Crippen LogP) is 3.55. The van der Waals surface area contributed by atoms with E-state index in [4.69, 9.17) is 14.2 Å². The Morgan fingerprint density at radius 3 is 2.69 bits per heavy atom. The van der Waals surface area contributed by atoms with Crippen LogP contribution in [-0.4, -0.2) is 54.2 Å². The lowest BCUT2D eigenvalue weighted by Gasteiger charge is -2.35. The second-order valence-corrected chi connectivity index (χ2v) is 8.62. The maximum Gasteiger partial charge on any atom is 0.290 e. The number of carbonyl (C=O) groups excluding carboxylic acids is 2. The summed E-state index contributed by atoms with van der Waals surface area (Å²) in [6.07, 6.45) is 5.34. The van der Waals surface area contributed by atoms with Crippen LogP contribution in [0.4, 0.5) is 0 Å². The monoisotopic (exact) mass is 443 g/mol. The van der Waals surface area contributed by atoms with Gasteiger partial charge in [0.25, 0.3) is 5.91 Å². The van der Waals surface area contributed by atoms with Crippen molar-refractivity contribution < 1.29 is 28.9 Å². The molecule has 0 radical (unpaired) electrons. The fourth-order valence-corrected chi connectivity index (χ4v) is 4.99. The zero-order valence-corrected chi connectivity index (χ0v) is 19.0. The van der Waals surface area contributed by atoms with Crippen molar-refractivity contribution in [3.05, 3.63) is 35.1 Å². The molecule has 4 rings (SSSR count). The lowest BCUT2D eigenvalue weighted by molar-refractivity contribution is -0.135. The summed E-state index contributed by atoms with van der Waals surface area (Å²) in [7, 11) is 0. The number of carbonyl (C=O) groups is 2. The van der Waals surface area contributed by atoms with Gasteiger partial charge >= 0.3 is 0 Å². The molecule has 1 aromatic carbocycles. The Bertz CT molecular complexity index is 894. The summed E-state index contributed by atoms with van der Waals surface area (Å²) in [6.45, 7) is 5.01. The number of aliphatic hydroxyl groups excluding tert-OH is 1. The van der Waals surface area contributed by atoms with Crippen LogP contribution in [0.5, 0.6) is 11.5 Å². The van der Waals surface area contributed by atoms with Crippen LogP contribution in [0.3, 0.4) is 0 Å². The van der Waals surface area contributed by atoms with E-state index in [-0.39, 0.29) is 42.6 Å². The molecule has 1 N–H and O–H groups in total. The van der Waals surface area contributed by atoms with Gasteiger partial charge < -0.3 is 24.2 Å². The maximum atomic E-state index is 13.5. The first-order valence-electron chi connectivity index (χ1n) is 11.9. The molecule has 174 valence electrons. The molecule has 7 nitrogen and oxygen atoms in total. The van der Waals surface area contributed by atoms with Gasteiger partial charge in [0.05, 0.1) is 37.4 Å². The van der Waals surface area contributed by atoms with Crippen molar-refractivity contribution in [2.75, 3.05) is 26.4 Å². The SMILES string of the molecule is CCCCOc1ccc(C2C3=C(OC4CCCCC4C3=O)C(=O)N2CCO)cc1OCC. The van der Waals surface area contributed by atoms with E-state index in [0.29, 0.717) is 30.3 Å². The molecule has 3 aliphatic rings. The van der Waals surface area contributed by atoms with Crippen LogP contribution >= 0.6 is 0 Å². The molecule has 32 heavy (non-hydrogen) atoms. The molecular weight excluding hydrogens is 410 g/mol. The van der Waals surface area contributed by atoms with E-state index in [2.05, 4.69) is 6.92 Å². The number of β-amino-alcohol motifs (C(OH)–C–C–N with tert-alkyl or cyclic N) is 1. The minimum Gasteiger partial charge on any atom is -0.490 e. The number of ketones is 1. The van der Waals surface area contributed by atoms with Crippen molar-refractivity contribution in [2.45, 2.75) is 64.5 Å². The number of aliphatic hydroxyl groups is 1. The number of hydrogen-bond donors (Lipinski definition) is 1. The van der Waals surface area contributed by atoms with Crippen molar-refractivity contribution in [1.29, 1.82) is 0 Å². The Balaban J connectivity index is 1.72. The predicted molar refractivity (Wildman–Crippen MR) is 118 cm³/mol. The molecular formula is C25H33NO6. The highest BCUT2D eigenvalue weighted by atomic mass is 16.5. The Kier molecular flexibility index (Phi) is 7.04. The van der Waals surface area contributed by atoms with Gasteiger partial charge in [0.15, 0.2) is 23.0 Å². The van der Waals surface area contributed by atoms with Crippen LogP contribution in [0.25, 0.3) is 0 Å². The van der Waals surface area contributed by atoms with Gasteiger partial charge in [0, 0.05) is 6.54 Å². The number of unbranched alkanes of at least 4 members (excludes halogenated alkanes) is 1. The van der Waals surface area contributed by atoms with Crippen LogP contribution in [0.1, 0.15) is 64.0 Å². The van der Waals surface area contributed by atoms with E-state index >= 15 is 0 Å². The summed E-state index contributed by atoms with van der Waals surface area (Å²) >= 11 is 0. The highest BCUT2D eigenvalue weighted by Crippen LogP contribution is 2.47. The van der Waals surface area contributed by atoms with Crippen LogP contribution in [0.2, 0.25) is 0 Å². The van der Waals surface area contributed by atoms with Gasteiger partial charge in [0.2, 0.25) is 0 Å². The zero-order chi connectivity index (χ0) is 22.7. The van der Waals surface area contributed by atoms with Crippen molar-refractivity contribution in [3.63, 3.8) is 0 Å². The van der Waals surface area contributed by atoms with E-state index in [1.165, 1.54) is 0 Å². The third-order valence-electron chi connectivity index (χ3n) is 6.54. The highest BCUT2D eigenvalue weighted by Gasteiger charge is 2.51. The van der Waals surface area contributed by atoms with Crippen molar-refractivity contribution in [2.24, 2.45) is 5.92 Å². The fourth-order valence-electron chi connectivity index (χ4n) is 4.99. The van der Waals surface area contributed by atoms with E-state index in [0.717, 1.165) is 44.1 Å². The summed E-state index contributed by atoms with van der Waals surface area (Å²) in [5.74, 6) is 0.891. The molecule has 7 heteroatoms. The summed E-state index contributed by atoms with van der Waals surface area (Å²) in [5, 5.41) is 9.64. The van der Waals surface area contributed by atoms with E-state index in [1.54, 1.807) is 4.90 Å². The summed E-state index contributed by atoms with van der Waals surface area (Å²) in [4.78, 5) is 28.3. The number of nitrogens with zero attached hydrogens (tertiary/aromatic N) is 1. The van der Waals surface area contributed by atoms with Crippen LogP contribution in [0.15, 0.2) is 29.5 Å². The highest BCUT2D eigenvalue weighted by molar-refractivity contribution is 6.11. The average molecular weight is 444 g/mol. The number of amides is 1. The van der Waals surface area contributed by atoms with E-state index in [9.17, 15) is 14.7 Å². The summed E-state index contributed by atoms with van der Waals surface area (Å²) in [5.41, 5.74) is 1.18. The molecule has 3 unspecified atom stereocenters. The molecule has 1 amide bonds. The molecule has 2 heterocycles. The first-order chi connectivity index (χ1) is 15.6. The Morgan fingerprint density at radius 1 is 1.12 bits per heavy atom. The lowest BCUT2D eigenvalue weighted by atomic mass is 9.77. The van der Waals surface area contributed by atoms with Gasteiger partial charge in [-0.3, -0.25) is 9.59 Å². The van der Waals surface area contributed by atoms with Gasteiger partial charge in [0.1, 0.15) is 6.10 Å². The smallest absolute Gasteiger partial charge is 0.290 e. The Hall–Kier alpha value is -2.54. The number of benzene rings is 1. The Morgan fingerprint density at radius 2 is 1.94 bits per heavy atom. The standard InChI is InChI=1S/C25H33NO6/c1-3-5-14-31-19-11-10-16(15-20(19)30-4-2)22-21-23(28)17-8-6-7-9-18(17)32-24(21)25(29)26(22)12-13-27/h10-11,15,17-18,22,27H,3-9,12-14H2,1-2H3. The number of ether oxygens (including phenoxy) is 3. The molecule has 1 saturated carbocycles. The topological polar surface area (TPSA) is 85.3 Å². The Labute approximate surface area is 189 Å². The first kappa shape index (κ1) is 22.6. The number of Topliss-reactive ketones (excluding diaryl/α,β-unsaturated/α-hetero) is 1. The summed E-state index contributed by atoms with van der Waals surface area (Å²) in [6, 6.07) is 4.98. The minimum absolute atomic E-state index is 0.0102. The molecule has 0 bridgehead atoms. The van der Waals surface area contributed by atoms with Crippen molar-refractivity contribution in [1.82, 2.24) is 4.90 Å². The lowest BCUT2D eigenvalue weighted by Crippen LogP contribution is -2.39. The number of rotatable bonds is 9. The molecule has 0 spiro atoms. The zero-order valence-electron chi connectivity index (χ0n) is 19.0. The van der Waals surface area contributed by atoms with Gasteiger partial charge in [-0.2, -0.15) is 0 Å². The van der Waals surface area contributed by atoms with Crippen LogP contribution in [0, 0.1) is 5.92 Å². The van der Waals surface area contributed by atoms with E-state index in [1.807, 2.05) is 25.1 Å². The van der Waals surface area contributed by atoms with Crippen LogP contribution in [-0.2, 0) is 14.3 Å². The van der Waals surface area contributed by atoms with Gasteiger partial charge in [-0.25, -0.2) is 0 Å². The molecule has 2 aliphatic heterocycles. The molecule has 0 aromatic heterocycles. The largest absolute Gasteiger partial charge is 0.490 e. The van der Waals surface area contributed by atoms with Crippen LogP contribution < -0.4 is 9.47 Å². The van der Waals surface area contributed by atoms with Crippen molar-refractivity contribution >= 4 is 11.7 Å². The third kappa shape index (κ3) is 4.10. The van der Waals surface area contributed by atoms with Crippen molar-refractivity contribution in [3.8, 4) is 11.5 Å². The molecule has 3 atom stereocenters. The number of fused-ring (bicyclic) bond motifs is 1. The second-order valence-electron chi connectivity index (χ2n) is 8.62.